The molecule has 0 saturated heterocycles. The Labute approximate surface area is 295 Å². The highest BCUT2D eigenvalue weighted by Gasteiger charge is 2.17. The molecule has 51 heavy (non-hydrogen) atoms. The summed E-state index contributed by atoms with van der Waals surface area (Å²) >= 11 is 0. The van der Waals surface area contributed by atoms with E-state index >= 15 is 0 Å². The van der Waals surface area contributed by atoms with Gasteiger partial charge >= 0.3 is 0 Å². The van der Waals surface area contributed by atoms with Crippen LogP contribution in [0, 0.1) is 0 Å². The number of nitrogens with zero attached hydrogens (tertiary/aromatic N) is 2. The average Bonchev–Trinajstić information content (AvgIpc) is 3.74. The SMILES string of the molecule is c1ccc(-c2ccc(N(c3ccccc3)c3cccc(-c4ccc5c6ccccc6n(-c6ccc7c(c6)oc6ccccc67)c5c4)c3)cc2)cc1. The fourth-order valence-corrected chi connectivity index (χ4v) is 7.56. The molecular formula is C48H32N2O. The largest absolute Gasteiger partial charge is 0.456 e. The van der Waals surface area contributed by atoms with Gasteiger partial charge < -0.3 is 13.9 Å². The van der Waals surface area contributed by atoms with Crippen molar-refractivity contribution in [2.45, 2.75) is 0 Å². The van der Waals surface area contributed by atoms with Gasteiger partial charge in [-0.1, -0.05) is 121 Å². The van der Waals surface area contributed by atoms with Crippen LogP contribution in [0.25, 0.3) is 71.7 Å². The zero-order chi connectivity index (χ0) is 33.7. The number of hydrogen-bond donors (Lipinski definition) is 0. The summed E-state index contributed by atoms with van der Waals surface area (Å²) in [5.41, 5.74) is 13.2. The maximum Gasteiger partial charge on any atom is 0.137 e. The molecule has 0 spiro atoms. The van der Waals surface area contributed by atoms with Crippen LogP contribution in [0.3, 0.4) is 0 Å². The lowest BCUT2D eigenvalue weighted by Gasteiger charge is -2.26. The molecule has 0 aliphatic rings. The van der Waals surface area contributed by atoms with Gasteiger partial charge in [-0.2, -0.15) is 0 Å². The van der Waals surface area contributed by atoms with Crippen molar-refractivity contribution in [1.29, 1.82) is 0 Å². The monoisotopic (exact) mass is 652 g/mol. The quantitative estimate of drug-likeness (QED) is 0.178. The molecule has 2 aromatic heterocycles. The van der Waals surface area contributed by atoms with Crippen LogP contribution in [-0.4, -0.2) is 4.57 Å². The molecule has 0 amide bonds. The van der Waals surface area contributed by atoms with Crippen molar-refractivity contribution < 1.29 is 4.42 Å². The molecule has 0 unspecified atom stereocenters. The lowest BCUT2D eigenvalue weighted by Crippen LogP contribution is -2.09. The highest BCUT2D eigenvalue weighted by molar-refractivity contribution is 6.11. The van der Waals surface area contributed by atoms with Gasteiger partial charge in [-0.15, -0.1) is 0 Å². The van der Waals surface area contributed by atoms with Gasteiger partial charge in [0.05, 0.1) is 11.0 Å². The smallest absolute Gasteiger partial charge is 0.137 e. The Morgan fingerprint density at radius 1 is 0.333 bits per heavy atom. The van der Waals surface area contributed by atoms with Crippen molar-refractivity contribution in [3.05, 3.63) is 194 Å². The van der Waals surface area contributed by atoms with E-state index in [-0.39, 0.29) is 0 Å². The van der Waals surface area contributed by atoms with Crippen LogP contribution < -0.4 is 4.90 Å². The van der Waals surface area contributed by atoms with Gasteiger partial charge in [-0.05, 0) is 89.0 Å². The number of furan rings is 1. The van der Waals surface area contributed by atoms with Gasteiger partial charge in [-0.3, -0.25) is 0 Å². The third-order valence-electron chi connectivity index (χ3n) is 9.98. The zero-order valence-corrected chi connectivity index (χ0v) is 27.8. The molecule has 0 fully saturated rings. The van der Waals surface area contributed by atoms with Gasteiger partial charge in [0, 0.05) is 50.4 Å². The summed E-state index contributed by atoms with van der Waals surface area (Å²) in [6.07, 6.45) is 0. The topological polar surface area (TPSA) is 21.3 Å². The lowest BCUT2D eigenvalue weighted by molar-refractivity contribution is 0.668. The molecule has 10 rings (SSSR count). The van der Waals surface area contributed by atoms with Crippen LogP contribution in [0.1, 0.15) is 0 Å². The minimum Gasteiger partial charge on any atom is -0.456 e. The molecule has 240 valence electrons. The average molecular weight is 653 g/mol. The molecular weight excluding hydrogens is 621 g/mol. The minimum absolute atomic E-state index is 0.890. The first kappa shape index (κ1) is 29.1. The predicted molar refractivity (Wildman–Crippen MR) is 214 cm³/mol. The molecule has 10 aromatic rings. The summed E-state index contributed by atoms with van der Waals surface area (Å²) < 4.78 is 8.70. The number of aromatic nitrogens is 1. The minimum atomic E-state index is 0.890. The van der Waals surface area contributed by atoms with E-state index in [9.17, 15) is 0 Å². The summed E-state index contributed by atoms with van der Waals surface area (Å²) in [7, 11) is 0. The maximum atomic E-state index is 6.33. The molecule has 8 aromatic carbocycles. The summed E-state index contributed by atoms with van der Waals surface area (Å²) in [5.74, 6) is 0. The third-order valence-corrected chi connectivity index (χ3v) is 9.98. The number of hydrogen-bond acceptors (Lipinski definition) is 2. The molecule has 0 atom stereocenters. The van der Waals surface area contributed by atoms with E-state index in [1.54, 1.807) is 0 Å². The second-order valence-corrected chi connectivity index (χ2v) is 13.0. The number of benzene rings is 8. The lowest BCUT2D eigenvalue weighted by atomic mass is 10.0. The summed E-state index contributed by atoms with van der Waals surface area (Å²) in [4.78, 5) is 2.33. The van der Waals surface area contributed by atoms with Crippen molar-refractivity contribution in [3.8, 4) is 27.9 Å². The second kappa shape index (κ2) is 11.9. The maximum absolute atomic E-state index is 6.33. The summed E-state index contributed by atoms with van der Waals surface area (Å²) in [6, 6.07) is 69.2. The molecule has 0 bridgehead atoms. The normalized spacial score (nSPS) is 11.5. The standard InChI is InChI=1S/C48H32N2O/c1-3-12-33(13-4-1)34-22-25-38(26-23-34)49(37-15-5-2-6-16-37)39-17-11-14-35(30-39)36-24-28-42-41-18-7-9-20-45(41)50(46(42)31-36)40-27-29-44-43-19-8-10-21-47(43)51-48(44)32-40/h1-32H. The number of anilines is 3. The van der Waals surface area contributed by atoms with Crippen LogP contribution in [0.4, 0.5) is 17.1 Å². The van der Waals surface area contributed by atoms with Crippen LogP contribution in [0.5, 0.6) is 0 Å². The molecule has 0 radical (unpaired) electrons. The first-order valence-electron chi connectivity index (χ1n) is 17.3. The summed E-state index contributed by atoms with van der Waals surface area (Å²) in [5, 5.41) is 4.72. The number of fused-ring (bicyclic) bond motifs is 6. The fourth-order valence-electron chi connectivity index (χ4n) is 7.56. The van der Waals surface area contributed by atoms with Gasteiger partial charge in [-0.25, -0.2) is 0 Å². The van der Waals surface area contributed by atoms with Crippen molar-refractivity contribution in [2.75, 3.05) is 4.90 Å². The Morgan fingerprint density at radius 3 is 1.75 bits per heavy atom. The van der Waals surface area contributed by atoms with Crippen LogP contribution >= 0.6 is 0 Å². The van der Waals surface area contributed by atoms with Crippen LogP contribution in [0.2, 0.25) is 0 Å². The van der Waals surface area contributed by atoms with Gasteiger partial charge in [0.2, 0.25) is 0 Å². The molecule has 0 saturated carbocycles. The van der Waals surface area contributed by atoms with Crippen molar-refractivity contribution in [2.24, 2.45) is 0 Å². The fraction of sp³-hybridized carbons (Fsp3) is 0. The molecule has 0 N–H and O–H groups in total. The molecule has 0 aliphatic carbocycles. The zero-order valence-electron chi connectivity index (χ0n) is 27.8. The van der Waals surface area contributed by atoms with E-state index in [2.05, 4.69) is 191 Å². The van der Waals surface area contributed by atoms with E-state index in [0.717, 1.165) is 61.3 Å². The number of rotatable bonds is 6. The van der Waals surface area contributed by atoms with Gasteiger partial charge in [0.1, 0.15) is 11.2 Å². The summed E-state index contributed by atoms with van der Waals surface area (Å²) in [6.45, 7) is 0. The Balaban J connectivity index is 1.10. The Hall–Kier alpha value is -6.84. The Bertz CT molecular complexity index is 2850. The number of para-hydroxylation sites is 3. The van der Waals surface area contributed by atoms with Crippen LogP contribution in [0.15, 0.2) is 199 Å². The van der Waals surface area contributed by atoms with Crippen molar-refractivity contribution in [1.82, 2.24) is 4.57 Å². The first-order chi connectivity index (χ1) is 25.3. The van der Waals surface area contributed by atoms with E-state index in [1.807, 2.05) is 12.1 Å². The molecule has 0 aliphatic heterocycles. The first-order valence-corrected chi connectivity index (χ1v) is 17.3. The van der Waals surface area contributed by atoms with E-state index in [4.69, 9.17) is 4.42 Å². The highest BCUT2D eigenvalue weighted by Crippen LogP contribution is 2.40. The van der Waals surface area contributed by atoms with E-state index < -0.39 is 0 Å². The van der Waals surface area contributed by atoms with E-state index in [1.165, 1.54) is 27.4 Å². The van der Waals surface area contributed by atoms with Crippen molar-refractivity contribution >= 4 is 60.8 Å². The molecule has 3 nitrogen and oxygen atoms in total. The highest BCUT2D eigenvalue weighted by atomic mass is 16.3. The van der Waals surface area contributed by atoms with Gasteiger partial charge in [0.25, 0.3) is 0 Å². The second-order valence-electron chi connectivity index (χ2n) is 13.0. The Morgan fingerprint density at radius 2 is 0.902 bits per heavy atom. The Kier molecular flexibility index (Phi) is 6.81. The van der Waals surface area contributed by atoms with Gasteiger partial charge in [0.15, 0.2) is 0 Å². The van der Waals surface area contributed by atoms with Crippen LogP contribution in [-0.2, 0) is 0 Å². The third kappa shape index (κ3) is 4.98. The molecule has 2 heterocycles. The van der Waals surface area contributed by atoms with E-state index in [0.29, 0.717) is 0 Å². The predicted octanol–water partition coefficient (Wildman–Crippen LogP) is 13.5. The molecule has 3 heteroatoms. The van der Waals surface area contributed by atoms with Crippen molar-refractivity contribution in [3.63, 3.8) is 0 Å².